The van der Waals surface area contributed by atoms with E-state index in [2.05, 4.69) is 5.10 Å². The van der Waals surface area contributed by atoms with Gasteiger partial charge in [0.25, 0.3) is 0 Å². The van der Waals surface area contributed by atoms with Gasteiger partial charge in [0, 0.05) is 5.56 Å². The van der Waals surface area contributed by atoms with Crippen molar-refractivity contribution in [1.82, 2.24) is 9.78 Å². The molecular formula is C19H11N5O. The first-order valence-electron chi connectivity index (χ1n) is 7.34. The first-order chi connectivity index (χ1) is 12.2. The lowest BCUT2D eigenvalue weighted by atomic mass is 10.1. The summed E-state index contributed by atoms with van der Waals surface area (Å²) in [5, 5.41) is 30.9. The average molecular weight is 325 g/mol. The van der Waals surface area contributed by atoms with Crippen LogP contribution in [0.3, 0.4) is 0 Å². The quantitative estimate of drug-likeness (QED) is 0.746. The number of carbonyl (C=O) groups is 1. The van der Waals surface area contributed by atoms with Gasteiger partial charge in [-0.3, -0.25) is 10.2 Å². The number of rotatable bonds is 3. The molecule has 3 aromatic rings. The Hall–Kier alpha value is -4.03. The third-order valence-electron chi connectivity index (χ3n) is 3.60. The van der Waals surface area contributed by atoms with E-state index in [1.165, 1.54) is 6.07 Å². The van der Waals surface area contributed by atoms with Gasteiger partial charge >= 0.3 is 0 Å². The van der Waals surface area contributed by atoms with Crippen LogP contribution in [0.2, 0.25) is 0 Å². The Labute approximate surface area is 143 Å². The minimum Gasteiger partial charge on any atom is -0.287 e. The minimum absolute atomic E-state index is 0.00187. The van der Waals surface area contributed by atoms with Crippen molar-refractivity contribution in [3.63, 3.8) is 0 Å². The summed E-state index contributed by atoms with van der Waals surface area (Å²) < 4.78 is 1.15. The summed E-state index contributed by atoms with van der Waals surface area (Å²) in [5.74, 6) is -0.361. The van der Waals surface area contributed by atoms with Crippen LogP contribution in [0.5, 0.6) is 0 Å². The zero-order valence-electron chi connectivity index (χ0n) is 13.0. The topological polar surface area (TPSA) is 106 Å². The number of hydrogen-bond donors (Lipinski definition) is 1. The highest BCUT2D eigenvalue weighted by molar-refractivity contribution is 6.07. The van der Waals surface area contributed by atoms with Crippen molar-refractivity contribution in [1.29, 1.82) is 15.9 Å². The Kier molecular flexibility index (Phi) is 4.19. The van der Waals surface area contributed by atoms with E-state index in [9.17, 15) is 15.3 Å². The van der Waals surface area contributed by atoms with Gasteiger partial charge in [-0.15, -0.1) is 0 Å². The Morgan fingerprint density at radius 1 is 0.960 bits per heavy atom. The van der Waals surface area contributed by atoms with E-state index in [0.29, 0.717) is 16.8 Å². The van der Waals surface area contributed by atoms with Crippen molar-refractivity contribution >= 4 is 5.78 Å². The van der Waals surface area contributed by atoms with Crippen LogP contribution in [0.1, 0.15) is 27.2 Å². The maximum atomic E-state index is 12.7. The number of hydrogen-bond acceptors (Lipinski definition) is 5. The smallest absolute Gasteiger partial charge is 0.213 e. The molecule has 0 fully saturated rings. The largest absolute Gasteiger partial charge is 0.287 e. The number of nitrogens with zero attached hydrogens (tertiary/aromatic N) is 4. The molecule has 25 heavy (non-hydrogen) atoms. The molecule has 0 aliphatic rings. The molecule has 6 heteroatoms. The lowest BCUT2D eigenvalue weighted by Crippen LogP contribution is -2.27. The normalized spacial score (nSPS) is 9.84. The summed E-state index contributed by atoms with van der Waals surface area (Å²) >= 11 is 0. The first kappa shape index (κ1) is 15.9. The number of nitrogens with one attached hydrogen (secondary N) is 1. The second-order valence-corrected chi connectivity index (χ2v) is 5.14. The zero-order chi connectivity index (χ0) is 17.8. The van der Waals surface area contributed by atoms with Crippen LogP contribution in [-0.4, -0.2) is 15.6 Å². The molecule has 1 heterocycles. The molecule has 0 saturated carbocycles. The molecule has 0 bridgehead atoms. The molecule has 2 aromatic carbocycles. The number of carbonyl (C=O) groups excluding carboxylic acids is 1. The lowest BCUT2D eigenvalue weighted by molar-refractivity contribution is 0.103. The predicted molar refractivity (Wildman–Crippen MR) is 88.7 cm³/mol. The van der Waals surface area contributed by atoms with Gasteiger partial charge in [0.05, 0.1) is 16.8 Å². The molecule has 0 radical (unpaired) electrons. The number of ketones is 1. The first-order valence-corrected chi connectivity index (χ1v) is 7.34. The van der Waals surface area contributed by atoms with Crippen molar-refractivity contribution in [2.45, 2.75) is 0 Å². The second kappa shape index (κ2) is 6.61. The van der Waals surface area contributed by atoms with E-state index in [4.69, 9.17) is 5.41 Å². The van der Waals surface area contributed by atoms with Gasteiger partial charge < -0.3 is 0 Å². The molecule has 0 spiro atoms. The summed E-state index contributed by atoms with van der Waals surface area (Å²) in [4.78, 5) is 12.7. The molecule has 0 amide bonds. The van der Waals surface area contributed by atoms with Gasteiger partial charge in [0.2, 0.25) is 5.78 Å². The highest BCUT2D eigenvalue weighted by Crippen LogP contribution is 2.13. The fourth-order valence-electron chi connectivity index (χ4n) is 2.37. The summed E-state index contributed by atoms with van der Waals surface area (Å²) in [6, 6.07) is 20.4. The number of aromatic nitrogens is 2. The van der Waals surface area contributed by atoms with Gasteiger partial charge in [-0.25, -0.2) is 4.68 Å². The number of nitriles is 2. The zero-order valence-corrected chi connectivity index (χ0v) is 13.0. The van der Waals surface area contributed by atoms with Crippen LogP contribution in [0.15, 0.2) is 60.7 Å². The van der Waals surface area contributed by atoms with Gasteiger partial charge in [-0.05, 0) is 18.2 Å². The minimum atomic E-state index is -0.361. The molecule has 1 aromatic heterocycles. The van der Waals surface area contributed by atoms with E-state index >= 15 is 0 Å². The average Bonchev–Trinajstić information content (AvgIpc) is 2.68. The molecule has 118 valence electrons. The Balaban J connectivity index is 2.25. The van der Waals surface area contributed by atoms with Crippen molar-refractivity contribution < 1.29 is 4.79 Å². The highest BCUT2D eigenvalue weighted by atomic mass is 16.1. The van der Waals surface area contributed by atoms with Crippen molar-refractivity contribution in [3.8, 4) is 17.8 Å². The molecule has 1 N–H and O–H groups in total. The van der Waals surface area contributed by atoms with E-state index in [0.717, 1.165) is 4.68 Å². The maximum absolute atomic E-state index is 12.7. The van der Waals surface area contributed by atoms with Crippen LogP contribution in [0.25, 0.3) is 5.69 Å². The van der Waals surface area contributed by atoms with E-state index < -0.39 is 0 Å². The van der Waals surface area contributed by atoms with Crippen molar-refractivity contribution in [2.75, 3.05) is 0 Å². The van der Waals surface area contributed by atoms with E-state index in [1.54, 1.807) is 54.6 Å². The summed E-state index contributed by atoms with van der Waals surface area (Å²) in [5.41, 5.74) is 0.913. The fourth-order valence-corrected chi connectivity index (χ4v) is 2.37. The molecule has 0 atom stereocenters. The van der Waals surface area contributed by atoms with Crippen LogP contribution in [-0.2, 0) is 0 Å². The Morgan fingerprint density at radius 2 is 1.60 bits per heavy atom. The number of para-hydroxylation sites is 1. The molecule has 6 nitrogen and oxygen atoms in total. The monoisotopic (exact) mass is 325 g/mol. The van der Waals surface area contributed by atoms with Crippen LogP contribution in [0, 0.1) is 28.1 Å². The van der Waals surface area contributed by atoms with Gasteiger partial charge in [0.1, 0.15) is 17.8 Å². The number of benzene rings is 2. The molecule has 3 rings (SSSR count). The summed E-state index contributed by atoms with van der Waals surface area (Å²) in [6.45, 7) is 0. The molecule has 0 unspecified atom stereocenters. The molecule has 0 aliphatic heterocycles. The summed E-state index contributed by atoms with van der Waals surface area (Å²) in [6.07, 6.45) is 0. The Morgan fingerprint density at radius 3 is 2.28 bits per heavy atom. The SMILES string of the molecule is N#Cc1ccccc1-n1nc(C(=O)c2ccccc2)cc(C#N)c1=N. The van der Waals surface area contributed by atoms with Gasteiger partial charge in [-0.1, -0.05) is 42.5 Å². The van der Waals surface area contributed by atoms with Crippen LogP contribution >= 0.6 is 0 Å². The van der Waals surface area contributed by atoms with E-state index in [-0.39, 0.29) is 22.5 Å². The third kappa shape index (κ3) is 2.92. The predicted octanol–water partition coefficient (Wildman–Crippen LogP) is 2.33. The third-order valence-corrected chi connectivity index (χ3v) is 3.60. The van der Waals surface area contributed by atoms with Crippen molar-refractivity contribution in [2.24, 2.45) is 0 Å². The van der Waals surface area contributed by atoms with Crippen LogP contribution in [0.4, 0.5) is 0 Å². The van der Waals surface area contributed by atoms with Gasteiger partial charge in [-0.2, -0.15) is 15.6 Å². The van der Waals surface area contributed by atoms with Crippen LogP contribution < -0.4 is 5.49 Å². The maximum Gasteiger partial charge on any atom is 0.213 e. The summed E-state index contributed by atoms with van der Waals surface area (Å²) in [7, 11) is 0. The second-order valence-electron chi connectivity index (χ2n) is 5.14. The highest BCUT2D eigenvalue weighted by Gasteiger charge is 2.16. The van der Waals surface area contributed by atoms with E-state index in [1.807, 2.05) is 12.1 Å². The molecule has 0 saturated heterocycles. The van der Waals surface area contributed by atoms with Gasteiger partial charge in [0.15, 0.2) is 5.49 Å². The molecular weight excluding hydrogens is 314 g/mol. The standard InChI is InChI=1S/C19H11N5O/c20-11-14-8-4-5-9-17(14)24-19(22)15(12-21)10-16(23-24)18(25)13-6-2-1-3-7-13/h1-10,22H. The van der Waals surface area contributed by atoms with Crippen molar-refractivity contribution in [3.05, 3.63) is 88.5 Å². The Bertz CT molecular complexity index is 1100. The fraction of sp³-hybridized carbons (Fsp3) is 0. The molecule has 0 aliphatic carbocycles. The lowest BCUT2D eigenvalue weighted by Gasteiger charge is -2.10.